The van der Waals surface area contributed by atoms with E-state index in [4.69, 9.17) is 16.3 Å². The van der Waals surface area contributed by atoms with Crippen LogP contribution >= 0.6 is 11.6 Å². The number of nitrogens with zero attached hydrogens (tertiary/aromatic N) is 3. The Hall–Kier alpha value is -1.36. The molecule has 0 unspecified atom stereocenters. The number of carbonyl (C=O) groups is 1. The van der Waals surface area contributed by atoms with Crippen molar-refractivity contribution < 1.29 is 9.53 Å². The summed E-state index contributed by atoms with van der Waals surface area (Å²) in [5.74, 6) is 0.251. The van der Waals surface area contributed by atoms with Crippen molar-refractivity contribution in [3.8, 4) is 0 Å². The van der Waals surface area contributed by atoms with Crippen molar-refractivity contribution in [2.24, 2.45) is 0 Å². The molecular weight excluding hydrogens is 242 g/mol. The summed E-state index contributed by atoms with van der Waals surface area (Å²) in [6, 6.07) is 0.0896. The third-order valence-corrected chi connectivity index (χ3v) is 2.41. The smallest absolute Gasteiger partial charge is 0.325 e. The summed E-state index contributed by atoms with van der Waals surface area (Å²) in [6.07, 6.45) is 2.91. The molecule has 17 heavy (non-hydrogen) atoms. The maximum atomic E-state index is 11.5. The van der Waals surface area contributed by atoms with Gasteiger partial charge in [0.2, 0.25) is 0 Å². The fourth-order valence-electron chi connectivity index (χ4n) is 1.37. The normalized spacial score (nSPS) is 10.4. The van der Waals surface area contributed by atoms with E-state index in [1.165, 1.54) is 12.5 Å². The maximum absolute atomic E-state index is 11.5. The maximum Gasteiger partial charge on any atom is 0.325 e. The van der Waals surface area contributed by atoms with Crippen molar-refractivity contribution in [2.45, 2.75) is 26.8 Å². The van der Waals surface area contributed by atoms with Gasteiger partial charge in [0.05, 0.1) is 12.8 Å². The van der Waals surface area contributed by atoms with Crippen molar-refractivity contribution in [1.82, 2.24) is 9.97 Å². The van der Waals surface area contributed by atoms with E-state index in [2.05, 4.69) is 9.97 Å². The van der Waals surface area contributed by atoms with E-state index in [0.29, 0.717) is 17.4 Å². The van der Waals surface area contributed by atoms with Crippen LogP contribution in [0.25, 0.3) is 0 Å². The summed E-state index contributed by atoms with van der Waals surface area (Å²) < 4.78 is 4.92. The summed E-state index contributed by atoms with van der Waals surface area (Å²) in [5, 5.41) is 0.422. The largest absolute Gasteiger partial charge is 0.465 e. The lowest BCUT2D eigenvalue weighted by Gasteiger charge is -2.27. The van der Waals surface area contributed by atoms with Crippen molar-refractivity contribution in [2.75, 3.05) is 18.1 Å². The Bertz CT molecular complexity index is 385. The van der Waals surface area contributed by atoms with Gasteiger partial charge < -0.3 is 9.64 Å². The van der Waals surface area contributed by atoms with E-state index in [1.54, 1.807) is 11.8 Å². The molecule has 0 fully saturated rings. The molecule has 0 aliphatic rings. The second-order valence-corrected chi connectivity index (χ2v) is 4.13. The molecule has 0 amide bonds. The number of hydrogen-bond acceptors (Lipinski definition) is 5. The average Bonchev–Trinajstić information content (AvgIpc) is 2.27. The van der Waals surface area contributed by atoms with Gasteiger partial charge in [0.25, 0.3) is 0 Å². The van der Waals surface area contributed by atoms with Crippen molar-refractivity contribution in [1.29, 1.82) is 0 Å². The van der Waals surface area contributed by atoms with Gasteiger partial charge in [0.15, 0.2) is 5.82 Å². The van der Waals surface area contributed by atoms with Crippen LogP contribution in [0, 0.1) is 0 Å². The van der Waals surface area contributed by atoms with E-state index in [1.807, 2.05) is 13.8 Å². The molecule has 0 aromatic carbocycles. The Kier molecular flexibility index (Phi) is 5.15. The number of rotatable bonds is 5. The molecule has 0 saturated carbocycles. The van der Waals surface area contributed by atoms with E-state index in [-0.39, 0.29) is 18.6 Å². The monoisotopic (exact) mass is 257 g/mol. The molecule has 0 N–H and O–H groups in total. The van der Waals surface area contributed by atoms with Gasteiger partial charge in [-0.3, -0.25) is 4.79 Å². The van der Waals surface area contributed by atoms with Crippen LogP contribution in [-0.2, 0) is 9.53 Å². The number of ether oxygens (including phenoxy) is 1. The first-order valence-corrected chi connectivity index (χ1v) is 5.81. The second kappa shape index (κ2) is 6.39. The average molecular weight is 258 g/mol. The Morgan fingerprint density at radius 2 is 2.29 bits per heavy atom. The topological polar surface area (TPSA) is 55.3 Å². The van der Waals surface area contributed by atoms with Gasteiger partial charge in [-0.05, 0) is 20.8 Å². The molecule has 6 heteroatoms. The van der Waals surface area contributed by atoms with Crippen LogP contribution in [0.3, 0.4) is 0 Å². The first kappa shape index (κ1) is 13.7. The predicted octanol–water partition coefficient (Wildman–Crippen LogP) is 1.91. The first-order valence-electron chi connectivity index (χ1n) is 5.44. The quantitative estimate of drug-likeness (QED) is 0.754. The van der Waals surface area contributed by atoms with Crippen LogP contribution in [0.1, 0.15) is 20.8 Å². The molecular formula is C11H16ClN3O2. The highest BCUT2D eigenvalue weighted by molar-refractivity contribution is 6.32. The molecule has 0 aliphatic carbocycles. The highest BCUT2D eigenvalue weighted by Gasteiger charge is 2.19. The minimum Gasteiger partial charge on any atom is -0.465 e. The molecule has 0 radical (unpaired) electrons. The van der Waals surface area contributed by atoms with Gasteiger partial charge in [0, 0.05) is 6.04 Å². The molecule has 0 spiro atoms. The molecule has 5 nitrogen and oxygen atoms in total. The van der Waals surface area contributed by atoms with E-state index >= 15 is 0 Å². The van der Waals surface area contributed by atoms with Gasteiger partial charge >= 0.3 is 5.97 Å². The third-order valence-electron chi connectivity index (χ3n) is 2.15. The summed E-state index contributed by atoms with van der Waals surface area (Å²) >= 11 is 6.00. The van der Waals surface area contributed by atoms with Crippen molar-refractivity contribution >= 4 is 23.4 Å². The fourth-order valence-corrected chi connectivity index (χ4v) is 1.58. The minimum atomic E-state index is -0.295. The van der Waals surface area contributed by atoms with Crippen LogP contribution in [0.2, 0.25) is 5.02 Å². The predicted molar refractivity (Wildman–Crippen MR) is 66.2 cm³/mol. The number of esters is 1. The van der Waals surface area contributed by atoms with Crippen LogP contribution in [0.15, 0.2) is 12.5 Å². The van der Waals surface area contributed by atoms with E-state index in [9.17, 15) is 4.79 Å². The molecule has 1 heterocycles. The summed E-state index contributed by atoms with van der Waals surface area (Å²) in [7, 11) is 0. The highest BCUT2D eigenvalue weighted by Crippen LogP contribution is 2.22. The number of hydrogen-bond donors (Lipinski definition) is 0. The Labute approximate surface area is 106 Å². The Morgan fingerprint density at radius 1 is 1.59 bits per heavy atom. The number of aromatic nitrogens is 2. The lowest BCUT2D eigenvalue weighted by Crippen LogP contribution is -2.37. The molecule has 1 rings (SSSR count). The summed E-state index contributed by atoms with van der Waals surface area (Å²) in [6.45, 7) is 6.18. The van der Waals surface area contributed by atoms with E-state index in [0.717, 1.165) is 0 Å². The van der Waals surface area contributed by atoms with E-state index < -0.39 is 0 Å². The molecule has 0 saturated heterocycles. The Balaban J connectivity index is 2.87. The molecule has 0 atom stereocenters. The Morgan fingerprint density at radius 3 is 2.82 bits per heavy atom. The van der Waals surface area contributed by atoms with Crippen LogP contribution in [-0.4, -0.2) is 35.1 Å². The van der Waals surface area contributed by atoms with Crippen LogP contribution in [0.4, 0.5) is 5.82 Å². The van der Waals surface area contributed by atoms with Crippen LogP contribution < -0.4 is 4.90 Å². The highest BCUT2D eigenvalue weighted by atomic mass is 35.5. The number of halogens is 1. The SMILES string of the molecule is CCOC(=O)CN(c1ncncc1Cl)C(C)C. The molecule has 94 valence electrons. The minimum absolute atomic E-state index is 0.0896. The van der Waals surface area contributed by atoms with Crippen LogP contribution in [0.5, 0.6) is 0 Å². The molecule has 1 aromatic heterocycles. The van der Waals surface area contributed by atoms with Gasteiger partial charge in [-0.2, -0.15) is 0 Å². The third kappa shape index (κ3) is 3.85. The number of carbonyl (C=O) groups excluding carboxylic acids is 1. The lowest BCUT2D eigenvalue weighted by molar-refractivity contribution is -0.141. The molecule has 0 aliphatic heterocycles. The lowest BCUT2D eigenvalue weighted by atomic mass is 10.3. The van der Waals surface area contributed by atoms with Crippen molar-refractivity contribution in [3.63, 3.8) is 0 Å². The fraction of sp³-hybridized carbons (Fsp3) is 0.545. The van der Waals surface area contributed by atoms with Crippen molar-refractivity contribution in [3.05, 3.63) is 17.5 Å². The molecule has 0 bridgehead atoms. The van der Waals surface area contributed by atoms with Gasteiger partial charge in [-0.1, -0.05) is 11.6 Å². The number of anilines is 1. The zero-order valence-corrected chi connectivity index (χ0v) is 10.9. The molecule has 1 aromatic rings. The summed E-state index contributed by atoms with van der Waals surface area (Å²) in [4.78, 5) is 21.2. The zero-order valence-electron chi connectivity index (χ0n) is 10.2. The second-order valence-electron chi connectivity index (χ2n) is 3.72. The zero-order chi connectivity index (χ0) is 12.8. The standard InChI is InChI=1S/C11H16ClN3O2/c1-4-17-10(16)6-15(8(2)3)11-9(12)5-13-7-14-11/h5,7-8H,4,6H2,1-3H3. The first-order chi connectivity index (χ1) is 8.06. The summed E-state index contributed by atoms with van der Waals surface area (Å²) in [5.41, 5.74) is 0. The van der Waals surface area contributed by atoms with Gasteiger partial charge in [-0.25, -0.2) is 9.97 Å². The van der Waals surface area contributed by atoms with Gasteiger partial charge in [0.1, 0.15) is 17.9 Å². The van der Waals surface area contributed by atoms with Gasteiger partial charge in [-0.15, -0.1) is 0 Å².